The molecular formula is C9H11BrN2OS. The van der Waals surface area contributed by atoms with Crippen LogP contribution in [0.4, 0.5) is 0 Å². The third kappa shape index (κ3) is 4.43. The molecule has 0 aliphatic carbocycles. The minimum atomic E-state index is -0.0238. The number of carbonyl (C=O) groups is 1. The number of Topliss-reactive ketones (excluding diaryl/α,β-unsaturated/α-hetero) is 1. The summed E-state index contributed by atoms with van der Waals surface area (Å²) in [7, 11) is 0. The van der Waals surface area contributed by atoms with E-state index in [1.165, 1.54) is 0 Å². The molecule has 5 heteroatoms. The number of hydrogen-bond acceptors (Lipinski definition) is 3. The Kier molecular flexibility index (Phi) is 6.23. The van der Waals surface area contributed by atoms with E-state index in [2.05, 4.69) is 0 Å². The zero-order chi connectivity index (χ0) is 9.68. The van der Waals surface area contributed by atoms with Crippen molar-refractivity contribution in [2.24, 2.45) is 5.73 Å². The van der Waals surface area contributed by atoms with Gasteiger partial charge in [0, 0.05) is 5.56 Å². The molecule has 0 heterocycles. The Balaban J connectivity index is 0.00000169. The van der Waals surface area contributed by atoms with Gasteiger partial charge in [-0.1, -0.05) is 42.1 Å². The number of nitrogens with two attached hydrogens (primary N) is 1. The Bertz CT molecular complexity index is 316. The number of amidine groups is 1. The summed E-state index contributed by atoms with van der Waals surface area (Å²) in [5.74, 6) is 0.236. The zero-order valence-corrected chi connectivity index (χ0v) is 9.93. The van der Waals surface area contributed by atoms with Gasteiger partial charge in [0.1, 0.15) is 0 Å². The van der Waals surface area contributed by atoms with Crippen LogP contribution in [0.2, 0.25) is 0 Å². The summed E-state index contributed by atoms with van der Waals surface area (Å²) in [6, 6.07) is 8.98. The molecule has 1 aromatic rings. The zero-order valence-electron chi connectivity index (χ0n) is 7.40. The summed E-state index contributed by atoms with van der Waals surface area (Å²) in [6.45, 7) is 0. The molecule has 0 radical (unpaired) electrons. The average molecular weight is 275 g/mol. The Morgan fingerprint density at radius 2 is 1.93 bits per heavy atom. The molecule has 3 N–H and O–H groups in total. The molecule has 0 bridgehead atoms. The van der Waals surface area contributed by atoms with Crippen molar-refractivity contribution in [3.8, 4) is 0 Å². The van der Waals surface area contributed by atoms with Crippen molar-refractivity contribution in [3.05, 3.63) is 35.9 Å². The maximum atomic E-state index is 11.4. The fourth-order valence-electron chi connectivity index (χ4n) is 0.851. The van der Waals surface area contributed by atoms with Gasteiger partial charge in [-0.25, -0.2) is 0 Å². The number of benzene rings is 1. The Morgan fingerprint density at radius 1 is 1.36 bits per heavy atom. The fourth-order valence-corrected chi connectivity index (χ4v) is 1.30. The molecule has 0 saturated heterocycles. The average Bonchev–Trinajstić information content (AvgIpc) is 2.15. The van der Waals surface area contributed by atoms with Gasteiger partial charge in [0.2, 0.25) is 0 Å². The first kappa shape index (κ1) is 13.2. The first-order valence-corrected chi connectivity index (χ1v) is 4.74. The van der Waals surface area contributed by atoms with Gasteiger partial charge in [-0.3, -0.25) is 10.2 Å². The van der Waals surface area contributed by atoms with Crippen molar-refractivity contribution >= 4 is 39.7 Å². The van der Waals surface area contributed by atoms with Gasteiger partial charge < -0.3 is 5.73 Å². The van der Waals surface area contributed by atoms with Crippen molar-refractivity contribution in [1.29, 1.82) is 5.41 Å². The molecule has 0 aromatic heterocycles. The number of ketones is 1. The first-order valence-electron chi connectivity index (χ1n) is 3.75. The normalized spacial score (nSPS) is 8.86. The van der Waals surface area contributed by atoms with Crippen LogP contribution >= 0.6 is 28.7 Å². The minimum Gasteiger partial charge on any atom is -0.379 e. The molecule has 1 rings (SSSR count). The molecule has 0 spiro atoms. The first-order chi connectivity index (χ1) is 6.20. The second-order valence-corrected chi connectivity index (χ2v) is 3.46. The smallest absolute Gasteiger partial charge is 0.173 e. The van der Waals surface area contributed by atoms with E-state index >= 15 is 0 Å². The molecule has 0 fully saturated rings. The van der Waals surface area contributed by atoms with Gasteiger partial charge in [-0.15, -0.1) is 17.0 Å². The van der Waals surface area contributed by atoms with Crippen LogP contribution in [-0.4, -0.2) is 16.7 Å². The lowest BCUT2D eigenvalue weighted by molar-refractivity contribution is 0.102. The van der Waals surface area contributed by atoms with E-state index in [0.29, 0.717) is 5.56 Å². The molecule has 0 aliphatic heterocycles. The second kappa shape index (κ2) is 6.62. The van der Waals surface area contributed by atoms with E-state index in [1.807, 2.05) is 18.2 Å². The van der Waals surface area contributed by atoms with Crippen molar-refractivity contribution in [3.63, 3.8) is 0 Å². The van der Waals surface area contributed by atoms with Gasteiger partial charge in [-0.2, -0.15) is 0 Å². The molecule has 14 heavy (non-hydrogen) atoms. The molecule has 1 aromatic carbocycles. The number of hydrogen-bond donors (Lipinski definition) is 2. The van der Waals surface area contributed by atoms with Crippen LogP contribution in [0.15, 0.2) is 30.3 Å². The lowest BCUT2D eigenvalue weighted by Crippen LogP contribution is -2.09. The van der Waals surface area contributed by atoms with E-state index in [9.17, 15) is 4.79 Å². The van der Waals surface area contributed by atoms with Gasteiger partial charge in [-0.05, 0) is 0 Å². The van der Waals surface area contributed by atoms with E-state index in [1.54, 1.807) is 12.1 Å². The van der Waals surface area contributed by atoms with Gasteiger partial charge >= 0.3 is 0 Å². The second-order valence-electron chi connectivity index (χ2n) is 2.44. The fraction of sp³-hybridized carbons (Fsp3) is 0.111. The van der Waals surface area contributed by atoms with E-state index < -0.39 is 0 Å². The highest BCUT2D eigenvalue weighted by atomic mass is 79.9. The third-order valence-corrected chi connectivity index (χ3v) is 2.17. The van der Waals surface area contributed by atoms with E-state index in [0.717, 1.165) is 11.8 Å². The molecule has 0 aliphatic rings. The number of thioether (sulfide) groups is 1. The summed E-state index contributed by atoms with van der Waals surface area (Å²) >= 11 is 1.05. The molecule has 0 amide bonds. The van der Waals surface area contributed by atoms with E-state index in [4.69, 9.17) is 11.1 Å². The summed E-state index contributed by atoms with van der Waals surface area (Å²) in [4.78, 5) is 11.4. The van der Waals surface area contributed by atoms with Crippen molar-refractivity contribution in [2.45, 2.75) is 0 Å². The maximum Gasteiger partial charge on any atom is 0.173 e. The molecule has 0 atom stereocenters. The molecule has 3 nitrogen and oxygen atoms in total. The van der Waals surface area contributed by atoms with Crippen LogP contribution in [0.5, 0.6) is 0 Å². The lowest BCUT2D eigenvalue weighted by Gasteiger charge is -1.98. The summed E-state index contributed by atoms with van der Waals surface area (Å²) < 4.78 is 0. The largest absolute Gasteiger partial charge is 0.379 e. The van der Waals surface area contributed by atoms with Crippen LogP contribution in [0, 0.1) is 5.41 Å². The van der Waals surface area contributed by atoms with Crippen molar-refractivity contribution in [2.75, 3.05) is 5.75 Å². The monoisotopic (exact) mass is 274 g/mol. The van der Waals surface area contributed by atoms with Crippen LogP contribution in [0.25, 0.3) is 0 Å². The van der Waals surface area contributed by atoms with Crippen LogP contribution < -0.4 is 5.73 Å². The van der Waals surface area contributed by atoms with Crippen LogP contribution in [0.3, 0.4) is 0 Å². The van der Waals surface area contributed by atoms with Gasteiger partial charge in [0.25, 0.3) is 0 Å². The van der Waals surface area contributed by atoms with Crippen molar-refractivity contribution in [1.82, 2.24) is 0 Å². The standard InChI is InChI=1S/C9H10N2OS.BrH/c10-9(11)13-6-8(12)7-4-2-1-3-5-7;/h1-5H,6H2,(H3,10,11);1H. The Labute approximate surface area is 97.3 Å². The highest BCUT2D eigenvalue weighted by Crippen LogP contribution is 2.05. The summed E-state index contributed by atoms with van der Waals surface area (Å²) in [6.07, 6.45) is 0. The Hall–Kier alpha value is -0.810. The maximum absolute atomic E-state index is 11.4. The molecule has 0 unspecified atom stereocenters. The predicted molar refractivity (Wildman–Crippen MR) is 65.5 cm³/mol. The van der Waals surface area contributed by atoms with Crippen molar-refractivity contribution < 1.29 is 4.79 Å². The topological polar surface area (TPSA) is 66.9 Å². The molecule has 76 valence electrons. The highest BCUT2D eigenvalue weighted by Gasteiger charge is 2.04. The van der Waals surface area contributed by atoms with Crippen LogP contribution in [0.1, 0.15) is 10.4 Å². The number of nitrogens with one attached hydrogen (secondary N) is 1. The molecule has 0 saturated carbocycles. The summed E-state index contributed by atoms with van der Waals surface area (Å²) in [5.41, 5.74) is 5.78. The Morgan fingerprint density at radius 3 is 2.43 bits per heavy atom. The quantitative estimate of drug-likeness (QED) is 0.504. The minimum absolute atomic E-state index is 0. The highest BCUT2D eigenvalue weighted by molar-refractivity contribution is 8.93. The van der Waals surface area contributed by atoms with E-state index in [-0.39, 0.29) is 33.7 Å². The third-order valence-electron chi connectivity index (χ3n) is 1.45. The number of halogens is 1. The SMILES string of the molecule is Br.N=C(N)SCC(=O)c1ccccc1. The number of rotatable bonds is 3. The lowest BCUT2D eigenvalue weighted by atomic mass is 10.2. The van der Waals surface area contributed by atoms with Gasteiger partial charge in [0.15, 0.2) is 11.0 Å². The van der Waals surface area contributed by atoms with Gasteiger partial charge in [0.05, 0.1) is 5.75 Å². The summed E-state index contributed by atoms with van der Waals surface area (Å²) in [5, 5.41) is 6.91. The molecular weight excluding hydrogens is 264 g/mol. The van der Waals surface area contributed by atoms with Crippen LogP contribution in [-0.2, 0) is 0 Å². The number of carbonyl (C=O) groups excluding carboxylic acids is 1. The predicted octanol–water partition coefficient (Wildman–Crippen LogP) is 2.07.